The summed E-state index contributed by atoms with van der Waals surface area (Å²) in [5.74, 6) is -0.167. The van der Waals surface area contributed by atoms with E-state index in [1.807, 2.05) is 6.92 Å². The molecular weight excluding hydrogens is 262 g/mol. The Morgan fingerprint density at radius 2 is 1.74 bits per heavy atom. The third kappa shape index (κ3) is 2.62. The van der Waals surface area contributed by atoms with E-state index in [2.05, 4.69) is 0 Å². The van der Waals surface area contributed by atoms with Gasteiger partial charge in [0.15, 0.2) is 5.78 Å². The number of ketones is 1. The minimum absolute atomic E-state index is 0.167. The van der Waals surface area contributed by atoms with E-state index in [9.17, 15) is 13.2 Å². The molecule has 1 heterocycles. The molecule has 0 aliphatic carbocycles. The van der Waals surface area contributed by atoms with Crippen LogP contribution in [0.5, 0.6) is 0 Å². The van der Waals surface area contributed by atoms with Crippen molar-refractivity contribution >= 4 is 15.8 Å². The number of benzene rings is 1. The topological polar surface area (TPSA) is 54.5 Å². The van der Waals surface area contributed by atoms with Crippen LogP contribution in [0, 0.1) is 6.92 Å². The van der Waals surface area contributed by atoms with E-state index in [0.29, 0.717) is 0 Å². The molecule has 1 aromatic rings. The molecule has 19 heavy (non-hydrogen) atoms. The van der Waals surface area contributed by atoms with Crippen molar-refractivity contribution in [3.63, 3.8) is 0 Å². The Kier molecular flexibility index (Phi) is 3.60. The molecule has 102 valence electrons. The zero-order valence-corrected chi connectivity index (χ0v) is 12.1. The molecule has 4 nitrogen and oxygen atoms in total. The summed E-state index contributed by atoms with van der Waals surface area (Å²) in [6, 6.07) is 6.03. The molecule has 1 unspecified atom stereocenters. The van der Waals surface area contributed by atoms with Gasteiger partial charge in [-0.25, -0.2) is 8.42 Å². The lowest BCUT2D eigenvalue weighted by atomic mass is 10.1. The second kappa shape index (κ2) is 4.90. The molecule has 0 amide bonds. The zero-order valence-electron chi connectivity index (χ0n) is 11.3. The zero-order chi connectivity index (χ0) is 14.2. The largest absolute Gasteiger partial charge is 0.293 e. The third-order valence-corrected chi connectivity index (χ3v) is 5.20. The minimum Gasteiger partial charge on any atom is -0.293 e. The number of sulfonamides is 1. The summed E-state index contributed by atoms with van der Waals surface area (Å²) in [7, 11) is -3.62. The molecule has 1 aliphatic heterocycles. The van der Waals surface area contributed by atoms with Crippen molar-refractivity contribution in [3.05, 3.63) is 41.5 Å². The lowest BCUT2D eigenvalue weighted by Crippen LogP contribution is -2.46. The molecule has 0 fully saturated rings. The van der Waals surface area contributed by atoms with E-state index in [4.69, 9.17) is 0 Å². The van der Waals surface area contributed by atoms with Crippen LogP contribution in [-0.2, 0) is 14.8 Å². The number of carbonyl (C=O) groups is 1. The van der Waals surface area contributed by atoms with Gasteiger partial charge in [-0.15, -0.1) is 0 Å². The molecule has 0 saturated carbocycles. The predicted molar refractivity (Wildman–Crippen MR) is 73.3 cm³/mol. The van der Waals surface area contributed by atoms with E-state index >= 15 is 0 Å². The van der Waals surface area contributed by atoms with Gasteiger partial charge >= 0.3 is 0 Å². The molecule has 0 radical (unpaired) electrons. The number of rotatable bonds is 2. The SMILES string of the molecule is CC1=CC(=O)C(C)N(S(=O)(=O)c2ccc(C)cc2)C1. The van der Waals surface area contributed by atoms with Crippen LogP contribution in [-0.4, -0.2) is 31.1 Å². The van der Waals surface area contributed by atoms with Crippen LogP contribution in [0.4, 0.5) is 0 Å². The van der Waals surface area contributed by atoms with E-state index in [-0.39, 0.29) is 17.2 Å². The highest BCUT2D eigenvalue weighted by Crippen LogP contribution is 2.23. The Morgan fingerprint density at radius 1 is 1.16 bits per heavy atom. The van der Waals surface area contributed by atoms with Crippen LogP contribution in [0.15, 0.2) is 40.8 Å². The third-order valence-electron chi connectivity index (χ3n) is 3.27. The Morgan fingerprint density at radius 3 is 2.32 bits per heavy atom. The van der Waals surface area contributed by atoms with Crippen molar-refractivity contribution in [3.8, 4) is 0 Å². The first-order chi connectivity index (χ1) is 8.82. The van der Waals surface area contributed by atoms with Crippen LogP contribution < -0.4 is 0 Å². The van der Waals surface area contributed by atoms with Gasteiger partial charge < -0.3 is 0 Å². The lowest BCUT2D eigenvalue weighted by molar-refractivity contribution is -0.118. The van der Waals surface area contributed by atoms with Crippen molar-refractivity contribution in [2.45, 2.75) is 31.7 Å². The van der Waals surface area contributed by atoms with Gasteiger partial charge in [0.25, 0.3) is 0 Å². The summed E-state index contributed by atoms with van der Waals surface area (Å²) >= 11 is 0. The maximum Gasteiger partial charge on any atom is 0.244 e. The van der Waals surface area contributed by atoms with Gasteiger partial charge in [0.2, 0.25) is 10.0 Å². The number of hydrogen-bond donors (Lipinski definition) is 0. The smallest absolute Gasteiger partial charge is 0.244 e. The highest BCUT2D eigenvalue weighted by molar-refractivity contribution is 7.89. The summed E-state index contributed by atoms with van der Waals surface area (Å²) < 4.78 is 26.4. The minimum atomic E-state index is -3.62. The van der Waals surface area contributed by atoms with Gasteiger partial charge in [-0.05, 0) is 39.0 Å². The van der Waals surface area contributed by atoms with Crippen molar-refractivity contribution in [2.75, 3.05) is 6.54 Å². The van der Waals surface area contributed by atoms with Crippen LogP contribution in [0.1, 0.15) is 19.4 Å². The number of aryl methyl sites for hydroxylation is 1. The Bertz CT molecular complexity index is 629. The Hall–Kier alpha value is -1.46. The van der Waals surface area contributed by atoms with Gasteiger partial charge in [0.05, 0.1) is 10.9 Å². The molecule has 0 spiro atoms. The number of nitrogens with zero attached hydrogens (tertiary/aromatic N) is 1. The normalized spacial score (nSPS) is 21.3. The maximum absolute atomic E-state index is 12.5. The fraction of sp³-hybridized carbons (Fsp3) is 0.357. The van der Waals surface area contributed by atoms with Crippen molar-refractivity contribution in [2.24, 2.45) is 0 Å². The Balaban J connectivity index is 2.42. The van der Waals surface area contributed by atoms with E-state index in [1.165, 1.54) is 10.4 Å². The lowest BCUT2D eigenvalue weighted by Gasteiger charge is -2.30. The summed E-state index contributed by atoms with van der Waals surface area (Å²) in [6.07, 6.45) is 1.52. The fourth-order valence-electron chi connectivity index (χ4n) is 2.07. The van der Waals surface area contributed by atoms with Crippen molar-refractivity contribution < 1.29 is 13.2 Å². The summed E-state index contributed by atoms with van der Waals surface area (Å²) in [5.41, 5.74) is 1.76. The average Bonchev–Trinajstić information content (AvgIpc) is 2.34. The summed E-state index contributed by atoms with van der Waals surface area (Å²) in [5, 5.41) is 0. The van der Waals surface area contributed by atoms with Gasteiger partial charge in [0.1, 0.15) is 0 Å². The van der Waals surface area contributed by atoms with Gasteiger partial charge in [0, 0.05) is 6.54 Å². The van der Waals surface area contributed by atoms with Crippen molar-refractivity contribution in [1.29, 1.82) is 0 Å². The quantitative estimate of drug-likeness (QED) is 0.831. The standard InChI is InChI=1S/C14H17NO3S/c1-10-4-6-13(7-5-10)19(17,18)15-9-11(2)8-14(16)12(15)3/h4-8,12H,9H2,1-3H3. The first-order valence-corrected chi connectivity index (χ1v) is 7.56. The molecule has 1 atom stereocenters. The van der Waals surface area contributed by atoms with Gasteiger partial charge in [-0.2, -0.15) is 4.31 Å². The Labute approximate surface area is 113 Å². The van der Waals surface area contributed by atoms with Crippen LogP contribution >= 0.6 is 0 Å². The predicted octanol–water partition coefficient (Wildman–Crippen LogP) is 1.90. The van der Waals surface area contributed by atoms with Gasteiger partial charge in [-0.3, -0.25) is 4.79 Å². The summed E-state index contributed by atoms with van der Waals surface area (Å²) in [6.45, 7) is 5.55. The monoisotopic (exact) mass is 279 g/mol. The highest BCUT2D eigenvalue weighted by Gasteiger charge is 2.34. The fourth-order valence-corrected chi connectivity index (χ4v) is 3.72. The molecule has 2 rings (SSSR count). The highest BCUT2D eigenvalue weighted by atomic mass is 32.2. The molecule has 0 aromatic heterocycles. The first kappa shape index (κ1) is 14.0. The van der Waals surface area contributed by atoms with E-state index < -0.39 is 16.1 Å². The second-order valence-corrected chi connectivity index (χ2v) is 6.82. The maximum atomic E-state index is 12.5. The van der Waals surface area contributed by atoms with Crippen molar-refractivity contribution in [1.82, 2.24) is 4.31 Å². The van der Waals surface area contributed by atoms with E-state index in [0.717, 1.165) is 11.1 Å². The first-order valence-electron chi connectivity index (χ1n) is 6.12. The van der Waals surface area contributed by atoms with Gasteiger partial charge in [-0.1, -0.05) is 23.3 Å². The molecule has 1 aliphatic rings. The second-order valence-electron chi connectivity index (χ2n) is 4.93. The molecule has 0 bridgehead atoms. The number of hydrogen-bond acceptors (Lipinski definition) is 3. The van der Waals surface area contributed by atoms with Crippen LogP contribution in [0.25, 0.3) is 0 Å². The number of carbonyl (C=O) groups excluding carboxylic acids is 1. The molecule has 5 heteroatoms. The molecule has 1 aromatic carbocycles. The van der Waals surface area contributed by atoms with Crippen LogP contribution in [0.2, 0.25) is 0 Å². The average molecular weight is 279 g/mol. The molecular formula is C14H17NO3S. The van der Waals surface area contributed by atoms with Crippen LogP contribution in [0.3, 0.4) is 0 Å². The molecule has 0 N–H and O–H groups in total. The molecule has 0 saturated heterocycles. The van der Waals surface area contributed by atoms with E-state index in [1.54, 1.807) is 38.1 Å². The summed E-state index contributed by atoms with van der Waals surface area (Å²) in [4.78, 5) is 12.0.